The molecule has 2 aromatic heterocycles. The standard InChI is InChI=1S/C14H5ClO8/c15-5-1-4-6(16)2-8(13(18)19)22-11(4)10-7(17)3-9(14(20)21)23-12(5)10/h1-3H,(H,18,19)(H,20,21). The summed E-state index contributed by atoms with van der Waals surface area (Å²) in [5.74, 6) is -4.31. The van der Waals surface area contributed by atoms with Crippen LogP contribution in [-0.4, -0.2) is 22.2 Å². The number of benzene rings is 1. The van der Waals surface area contributed by atoms with Gasteiger partial charge in [0.1, 0.15) is 5.39 Å². The van der Waals surface area contributed by atoms with Gasteiger partial charge in [0.15, 0.2) is 22.0 Å². The van der Waals surface area contributed by atoms with E-state index in [4.69, 9.17) is 30.6 Å². The van der Waals surface area contributed by atoms with Crippen LogP contribution in [0.4, 0.5) is 0 Å². The quantitative estimate of drug-likeness (QED) is 0.678. The Morgan fingerprint density at radius 3 is 1.96 bits per heavy atom. The van der Waals surface area contributed by atoms with Crippen LogP contribution in [0.3, 0.4) is 0 Å². The number of rotatable bonds is 2. The van der Waals surface area contributed by atoms with Gasteiger partial charge >= 0.3 is 11.9 Å². The summed E-state index contributed by atoms with van der Waals surface area (Å²) < 4.78 is 10.1. The van der Waals surface area contributed by atoms with Gasteiger partial charge in [0.05, 0.1) is 10.4 Å². The number of aromatic carboxylic acids is 2. The number of carboxylic acid groups (broad SMARTS) is 2. The van der Waals surface area contributed by atoms with E-state index < -0.39 is 34.3 Å². The maximum absolute atomic E-state index is 12.2. The fourth-order valence-corrected chi connectivity index (χ4v) is 2.35. The third-order valence-electron chi connectivity index (χ3n) is 3.07. The van der Waals surface area contributed by atoms with Gasteiger partial charge in [-0.25, -0.2) is 9.59 Å². The molecule has 0 unspecified atom stereocenters. The molecule has 0 fully saturated rings. The van der Waals surface area contributed by atoms with Crippen molar-refractivity contribution in [1.82, 2.24) is 0 Å². The number of hydrogen-bond acceptors (Lipinski definition) is 6. The predicted octanol–water partition coefficient (Wildman–Crippen LogP) is 1.95. The Bertz CT molecular complexity index is 1120. The Hall–Kier alpha value is -3.13. The zero-order valence-corrected chi connectivity index (χ0v) is 11.7. The number of carbonyl (C=O) groups is 2. The molecule has 0 bridgehead atoms. The predicted molar refractivity (Wildman–Crippen MR) is 77.5 cm³/mol. The van der Waals surface area contributed by atoms with Crippen LogP contribution < -0.4 is 10.9 Å². The second kappa shape index (κ2) is 4.96. The van der Waals surface area contributed by atoms with Gasteiger partial charge in [-0.3, -0.25) is 9.59 Å². The molecule has 2 N–H and O–H groups in total. The van der Waals surface area contributed by atoms with Crippen molar-refractivity contribution in [2.24, 2.45) is 0 Å². The highest BCUT2D eigenvalue weighted by Crippen LogP contribution is 2.29. The maximum atomic E-state index is 12.2. The Kier molecular flexibility index (Phi) is 3.19. The molecule has 0 spiro atoms. The van der Waals surface area contributed by atoms with Gasteiger partial charge in [-0.05, 0) is 6.07 Å². The van der Waals surface area contributed by atoms with Crippen molar-refractivity contribution in [3.05, 3.63) is 55.2 Å². The fourth-order valence-electron chi connectivity index (χ4n) is 2.11. The largest absolute Gasteiger partial charge is 0.475 e. The van der Waals surface area contributed by atoms with E-state index in [1.807, 2.05) is 0 Å². The first-order valence-corrected chi connectivity index (χ1v) is 6.38. The van der Waals surface area contributed by atoms with Crippen molar-refractivity contribution in [3.63, 3.8) is 0 Å². The van der Waals surface area contributed by atoms with Crippen molar-refractivity contribution >= 4 is 45.5 Å². The Morgan fingerprint density at radius 2 is 1.39 bits per heavy atom. The van der Waals surface area contributed by atoms with E-state index in [9.17, 15) is 19.2 Å². The summed E-state index contributed by atoms with van der Waals surface area (Å²) in [4.78, 5) is 46.1. The maximum Gasteiger partial charge on any atom is 0.371 e. The summed E-state index contributed by atoms with van der Waals surface area (Å²) >= 11 is 5.94. The lowest BCUT2D eigenvalue weighted by Crippen LogP contribution is -2.11. The molecule has 0 aliphatic rings. The summed E-state index contributed by atoms with van der Waals surface area (Å²) in [5.41, 5.74) is -2.19. The Labute approximate surface area is 130 Å². The number of fused-ring (bicyclic) bond motifs is 3. The molecule has 0 amide bonds. The normalized spacial score (nSPS) is 11.0. The van der Waals surface area contributed by atoms with Gasteiger partial charge in [0, 0.05) is 12.1 Å². The molecule has 23 heavy (non-hydrogen) atoms. The smallest absolute Gasteiger partial charge is 0.371 e. The van der Waals surface area contributed by atoms with E-state index in [1.165, 1.54) is 0 Å². The lowest BCUT2D eigenvalue weighted by atomic mass is 10.1. The molecule has 0 aliphatic heterocycles. The van der Waals surface area contributed by atoms with Crippen molar-refractivity contribution in [2.45, 2.75) is 0 Å². The van der Waals surface area contributed by atoms with Crippen molar-refractivity contribution in [1.29, 1.82) is 0 Å². The third-order valence-corrected chi connectivity index (χ3v) is 3.35. The van der Waals surface area contributed by atoms with E-state index >= 15 is 0 Å². The number of carboxylic acids is 2. The summed E-state index contributed by atoms with van der Waals surface area (Å²) in [7, 11) is 0. The molecule has 0 atom stereocenters. The molecule has 0 aliphatic carbocycles. The van der Waals surface area contributed by atoms with Crippen LogP contribution in [0, 0.1) is 0 Å². The molecular formula is C14H5ClO8. The first-order chi connectivity index (χ1) is 10.8. The second-order valence-corrected chi connectivity index (χ2v) is 4.91. The van der Waals surface area contributed by atoms with Gasteiger partial charge in [-0.1, -0.05) is 11.6 Å². The van der Waals surface area contributed by atoms with Crippen LogP contribution in [0.2, 0.25) is 5.02 Å². The first-order valence-electron chi connectivity index (χ1n) is 6.00. The number of halogens is 1. The first kappa shape index (κ1) is 14.8. The lowest BCUT2D eigenvalue weighted by molar-refractivity contribution is 0.0654. The summed E-state index contributed by atoms with van der Waals surface area (Å²) in [6.07, 6.45) is 0. The van der Waals surface area contributed by atoms with Gasteiger partial charge in [0.25, 0.3) is 0 Å². The molecule has 8 nitrogen and oxygen atoms in total. The highest BCUT2D eigenvalue weighted by molar-refractivity contribution is 6.36. The lowest BCUT2D eigenvalue weighted by Gasteiger charge is -2.05. The third kappa shape index (κ3) is 2.25. The van der Waals surface area contributed by atoms with Crippen LogP contribution in [0.15, 0.2) is 36.6 Å². The van der Waals surface area contributed by atoms with Gasteiger partial charge in [-0.15, -0.1) is 0 Å². The molecule has 9 heteroatoms. The summed E-state index contributed by atoms with van der Waals surface area (Å²) in [5, 5.41) is 17.2. The fraction of sp³-hybridized carbons (Fsp3) is 0. The zero-order chi connectivity index (χ0) is 16.9. The SMILES string of the molecule is O=C(O)c1cc(=O)c2c(o1)c(Cl)cc1c(=O)cc(C(=O)O)oc12. The molecule has 2 heterocycles. The molecule has 1 aromatic carbocycles. The second-order valence-electron chi connectivity index (χ2n) is 4.50. The monoisotopic (exact) mass is 336 g/mol. The molecular weight excluding hydrogens is 332 g/mol. The van der Waals surface area contributed by atoms with Crippen LogP contribution in [0.25, 0.3) is 21.9 Å². The van der Waals surface area contributed by atoms with E-state index in [0.29, 0.717) is 6.07 Å². The van der Waals surface area contributed by atoms with Crippen LogP contribution in [0.5, 0.6) is 0 Å². The highest BCUT2D eigenvalue weighted by atomic mass is 35.5. The zero-order valence-electron chi connectivity index (χ0n) is 11.0. The summed E-state index contributed by atoms with van der Waals surface area (Å²) in [6, 6.07) is 2.55. The van der Waals surface area contributed by atoms with E-state index in [0.717, 1.165) is 12.1 Å². The Balaban J connectivity index is 2.61. The van der Waals surface area contributed by atoms with Gasteiger partial charge in [-0.2, -0.15) is 0 Å². The minimum absolute atomic E-state index is 0.122. The van der Waals surface area contributed by atoms with E-state index in [-0.39, 0.29) is 27.0 Å². The van der Waals surface area contributed by atoms with Crippen LogP contribution in [0.1, 0.15) is 21.1 Å². The average Bonchev–Trinajstić information content (AvgIpc) is 2.47. The van der Waals surface area contributed by atoms with Crippen LogP contribution in [-0.2, 0) is 0 Å². The van der Waals surface area contributed by atoms with E-state index in [2.05, 4.69) is 0 Å². The molecule has 0 saturated carbocycles. The average molecular weight is 337 g/mol. The number of hydrogen-bond donors (Lipinski definition) is 2. The molecule has 0 radical (unpaired) electrons. The summed E-state index contributed by atoms with van der Waals surface area (Å²) in [6.45, 7) is 0. The van der Waals surface area contributed by atoms with Gasteiger partial charge < -0.3 is 19.0 Å². The van der Waals surface area contributed by atoms with Gasteiger partial charge in [0.2, 0.25) is 11.5 Å². The molecule has 0 saturated heterocycles. The van der Waals surface area contributed by atoms with Crippen molar-refractivity contribution in [3.8, 4) is 0 Å². The Morgan fingerprint density at radius 1 is 0.870 bits per heavy atom. The van der Waals surface area contributed by atoms with Crippen molar-refractivity contribution < 1.29 is 28.6 Å². The minimum Gasteiger partial charge on any atom is -0.475 e. The molecule has 3 rings (SSSR count). The topological polar surface area (TPSA) is 135 Å². The molecule has 116 valence electrons. The van der Waals surface area contributed by atoms with Crippen LogP contribution >= 0.6 is 11.6 Å². The minimum atomic E-state index is -1.50. The molecule has 3 aromatic rings. The highest BCUT2D eigenvalue weighted by Gasteiger charge is 2.20. The van der Waals surface area contributed by atoms with E-state index in [1.54, 1.807) is 0 Å². The van der Waals surface area contributed by atoms with Crippen molar-refractivity contribution in [2.75, 3.05) is 0 Å².